The van der Waals surface area contributed by atoms with Gasteiger partial charge in [-0.05, 0) is 37.1 Å². The van der Waals surface area contributed by atoms with E-state index in [1.165, 1.54) is 17.4 Å². The minimum atomic E-state index is -0.389. The third-order valence-corrected chi connectivity index (χ3v) is 5.45. The number of rotatable bonds is 6. The van der Waals surface area contributed by atoms with Gasteiger partial charge in [0.2, 0.25) is 0 Å². The molecule has 3 aromatic rings. The van der Waals surface area contributed by atoms with Crippen LogP contribution in [0.4, 0.5) is 9.52 Å². The van der Waals surface area contributed by atoms with Gasteiger partial charge < -0.3 is 9.47 Å². The lowest BCUT2D eigenvalue weighted by atomic mass is 10.2. The molecule has 1 saturated heterocycles. The number of amides is 1. The van der Waals surface area contributed by atoms with Crippen molar-refractivity contribution in [3.63, 3.8) is 0 Å². The maximum atomic E-state index is 14.0. The van der Waals surface area contributed by atoms with Crippen LogP contribution < -0.4 is 9.64 Å². The second-order valence-electron chi connectivity index (χ2n) is 6.32. The highest BCUT2D eigenvalue weighted by Gasteiger charge is 2.26. The fourth-order valence-corrected chi connectivity index (χ4v) is 4.04. The largest absolute Gasteiger partial charge is 0.484 e. The third-order valence-electron chi connectivity index (χ3n) is 4.41. The summed E-state index contributed by atoms with van der Waals surface area (Å²) in [5, 5.41) is 0.465. The normalized spacial score (nSPS) is 16.6. The number of aromatic nitrogens is 1. The molecule has 1 amide bonds. The van der Waals surface area contributed by atoms with Gasteiger partial charge in [0.15, 0.2) is 11.7 Å². The second-order valence-corrected chi connectivity index (χ2v) is 7.33. The molecule has 1 aliphatic rings. The zero-order chi connectivity index (χ0) is 18.6. The first-order chi connectivity index (χ1) is 13.2. The van der Waals surface area contributed by atoms with Crippen molar-refractivity contribution in [2.75, 3.05) is 24.7 Å². The van der Waals surface area contributed by atoms with E-state index in [2.05, 4.69) is 4.98 Å². The third kappa shape index (κ3) is 4.09. The van der Waals surface area contributed by atoms with Crippen LogP contribution in [0.25, 0.3) is 10.2 Å². The van der Waals surface area contributed by atoms with Crippen molar-refractivity contribution in [3.05, 3.63) is 54.3 Å². The number of hydrogen-bond donors (Lipinski definition) is 0. The Morgan fingerprint density at radius 1 is 1.26 bits per heavy atom. The Hall–Kier alpha value is -2.51. The predicted molar refractivity (Wildman–Crippen MR) is 103 cm³/mol. The lowest BCUT2D eigenvalue weighted by molar-refractivity contribution is -0.120. The summed E-state index contributed by atoms with van der Waals surface area (Å²) in [6, 6.07) is 14.0. The standard InChI is InChI=1S/C20H19FN2O3S/c21-16-9-4-10-17-19(16)22-20(27-17)23(12-15-8-5-11-25-15)18(24)13-26-14-6-2-1-3-7-14/h1-4,6-7,9-10,15H,5,8,11-13H2. The molecule has 4 rings (SSSR count). The van der Waals surface area contributed by atoms with Crippen molar-refractivity contribution < 1.29 is 18.7 Å². The zero-order valence-corrected chi connectivity index (χ0v) is 15.5. The second kappa shape index (κ2) is 8.02. The topological polar surface area (TPSA) is 51.7 Å². The quantitative estimate of drug-likeness (QED) is 0.642. The molecular weight excluding hydrogens is 367 g/mol. The van der Waals surface area contributed by atoms with Crippen molar-refractivity contribution in [1.29, 1.82) is 0 Å². The zero-order valence-electron chi connectivity index (χ0n) is 14.6. The van der Waals surface area contributed by atoms with Gasteiger partial charge in [-0.15, -0.1) is 0 Å². The van der Waals surface area contributed by atoms with Crippen LogP contribution in [0.15, 0.2) is 48.5 Å². The lowest BCUT2D eigenvalue weighted by Crippen LogP contribution is -2.40. The molecule has 1 atom stereocenters. The van der Waals surface area contributed by atoms with Crippen LogP contribution in [0.1, 0.15) is 12.8 Å². The average Bonchev–Trinajstić information content (AvgIpc) is 3.35. The molecule has 1 aromatic heterocycles. The highest BCUT2D eigenvalue weighted by molar-refractivity contribution is 7.22. The number of fused-ring (bicyclic) bond motifs is 1. The molecule has 0 bridgehead atoms. The van der Waals surface area contributed by atoms with Gasteiger partial charge in [-0.2, -0.15) is 0 Å². The van der Waals surface area contributed by atoms with Gasteiger partial charge in [-0.1, -0.05) is 35.6 Å². The molecule has 0 N–H and O–H groups in total. The van der Waals surface area contributed by atoms with Crippen molar-refractivity contribution in [2.45, 2.75) is 18.9 Å². The Morgan fingerprint density at radius 3 is 2.85 bits per heavy atom. The number of benzene rings is 2. The number of thiazole rings is 1. The van der Waals surface area contributed by atoms with Crippen LogP contribution >= 0.6 is 11.3 Å². The Labute approximate surface area is 160 Å². The van der Waals surface area contributed by atoms with Crippen molar-refractivity contribution in [2.24, 2.45) is 0 Å². The van der Waals surface area contributed by atoms with E-state index >= 15 is 0 Å². The minimum absolute atomic E-state index is 0.0393. The monoisotopic (exact) mass is 386 g/mol. The molecule has 5 nitrogen and oxygen atoms in total. The van der Waals surface area contributed by atoms with Crippen LogP contribution in [0.2, 0.25) is 0 Å². The molecule has 7 heteroatoms. The SMILES string of the molecule is O=C(COc1ccccc1)N(CC1CCCO1)c1nc2c(F)cccc2s1. The number of carbonyl (C=O) groups is 1. The molecule has 0 saturated carbocycles. The Kier molecular flexibility index (Phi) is 5.31. The van der Waals surface area contributed by atoms with Crippen molar-refractivity contribution in [3.8, 4) is 5.75 Å². The fraction of sp³-hybridized carbons (Fsp3) is 0.300. The number of nitrogens with zero attached hydrogens (tertiary/aromatic N) is 2. The number of para-hydroxylation sites is 2. The van der Waals surface area contributed by atoms with Gasteiger partial charge in [-0.3, -0.25) is 9.69 Å². The molecule has 1 fully saturated rings. The first-order valence-corrected chi connectivity index (χ1v) is 9.67. The van der Waals surface area contributed by atoms with E-state index in [4.69, 9.17) is 9.47 Å². The summed E-state index contributed by atoms with van der Waals surface area (Å²) in [6.45, 7) is 0.968. The van der Waals surface area contributed by atoms with Crippen LogP contribution in [0, 0.1) is 5.82 Å². The molecule has 1 aliphatic heterocycles. The summed E-state index contributed by atoms with van der Waals surface area (Å²) in [5.41, 5.74) is 0.284. The van der Waals surface area contributed by atoms with E-state index in [0.29, 0.717) is 28.7 Å². The summed E-state index contributed by atoms with van der Waals surface area (Å²) in [5.74, 6) is 0.00660. The van der Waals surface area contributed by atoms with E-state index in [9.17, 15) is 9.18 Å². The number of carbonyl (C=O) groups excluding carboxylic acids is 1. The molecule has 2 heterocycles. The van der Waals surface area contributed by atoms with Crippen LogP contribution in [0.5, 0.6) is 5.75 Å². The van der Waals surface area contributed by atoms with Crippen molar-refractivity contribution in [1.82, 2.24) is 4.98 Å². The summed E-state index contributed by atoms with van der Waals surface area (Å²) >= 11 is 1.30. The molecule has 0 radical (unpaired) electrons. The molecule has 2 aromatic carbocycles. The van der Waals surface area contributed by atoms with E-state index in [1.807, 2.05) is 18.2 Å². The predicted octanol–water partition coefficient (Wildman–Crippen LogP) is 4.03. The van der Waals surface area contributed by atoms with Crippen LogP contribution in [-0.2, 0) is 9.53 Å². The fourth-order valence-electron chi connectivity index (χ4n) is 3.04. The van der Waals surface area contributed by atoms with E-state index in [0.717, 1.165) is 12.8 Å². The summed E-state index contributed by atoms with van der Waals surface area (Å²) in [4.78, 5) is 18.8. The Morgan fingerprint density at radius 2 is 2.11 bits per heavy atom. The highest BCUT2D eigenvalue weighted by atomic mass is 32.1. The van der Waals surface area contributed by atoms with E-state index in [1.54, 1.807) is 29.2 Å². The number of anilines is 1. The van der Waals surface area contributed by atoms with Gasteiger partial charge in [0.1, 0.15) is 17.1 Å². The molecule has 27 heavy (non-hydrogen) atoms. The number of hydrogen-bond acceptors (Lipinski definition) is 5. The van der Waals surface area contributed by atoms with Crippen LogP contribution in [-0.4, -0.2) is 36.8 Å². The number of halogens is 1. The molecular formula is C20H19FN2O3S. The molecule has 0 aliphatic carbocycles. The maximum Gasteiger partial charge on any atom is 0.266 e. The summed E-state index contributed by atoms with van der Waals surface area (Å²) < 4.78 is 26.0. The Balaban J connectivity index is 1.57. The summed E-state index contributed by atoms with van der Waals surface area (Å²) in [6.07, 6.45) is 1.83. The van der Waals surface area contributed by atoms with Gasteiger partial charge >= 0.3 is 0 Å². The van der Waals surface area contributed by atoms with Crippen molar-refractivity contribution >= 4 is 32.6 Å². The summed E-state index contributed by atoms with van der Waals surface area (Å²) in [7, 11) is 0. The average molecular weight is 386 g/mol. The molecule has 140 valence electrons. The molecule has 1 unspecified atom stereocenters. The van der Waals surface area contributed by atoms with Gasteiger partial charge in [0, 0.05) is 6.61 Å². The maximum absolute atomic E-state index is 14.0. The lowest BCUT2D eigenvalue weighted by Gasteiger charge is -2.23. The van der Waals surface area contributed by atoms with Crippen LogP contribution in [0.3, 0.4) is 0 Å². The minimum Gasteiger partial charge on any atom is -0.484 e. The molecule has 0 spiro atoms. The van der Waals surface area contributed by atoms with E-state index in [-0.39, 0.29) is 30.0 Å². The van der Waals surface area contributed by atoms with Gasteiger partial charge in [0.25, 0.3) is 5.91 Å². The Bertz CT molecular complexity index is 925. The van der Waals surface area contributed by atoms with Gasteiger partial charge in [0.05, 0.1) is 17.3 Å². The van der Waals surface area contributed by atoms with Gasteiger partial charge in [-0.25, -0.2) is 9.37 Å². The number of ether oxygens (including phenoxy) is 2. The van der Waals surface area contributed by atoms with E-state index < -0.39 is 0 Å². The highest BCUT2D eigenvalue weighted by Crippen LogP contribution is 2.31. The first-order valence-electron chi connectivity index (χ1n) is 8.85. The first kappa shape index (κ1) is 17.9. The smallest absolute Gasteiger partial charge is 0.266 e.